The van der Waals surface area contributed by atoms with Gasteiger partial charge >= 0.3 is 5.69 Å². The molecular weight excluding hydrogens is 312 g/mol. The van der Waals surface area contributed by atoms with Crippen LogP contribution in [0.3, 0.4) is 0 Å². The van der Waals surface area contributed by atoms with Crippen LogP contribution in [0.5, 0.6) is 0 Å². The van der Waals surface area contributed by atoms with Crippen molar-refractivity contribution >= 4 is 33.6 Å². The minimum absolute atomic E-state index is 0.107. The van der Waals surface area contributed by atoms with Gasteiger partial charge in [-0.1, -0.05) is 34.1 Å². The SMILES string of the molecule is O=[N+]([O-])c1cccnc1N/N=C\c1ccccc1Br. The van der Waals surface area contributed by atoms with E-state index in [4.69, 9.17) is 0 Å². The molecule has 0 spiro atoms. The fraction of sp³-hybridized carbons (Fsp3) is 0. The Morgan fingerprint density at radius 1 is 1.32 bits per heavy atom. The molecule has 0 atom stereocenters. The van der Waals surface area contributed by atoms with Crippen molar-refractivity contribution in [1.29, 1.82) is 0 Å². The molecule has 1 aromatic carbocycles. The first kappa shape index (κ1) is 13.2. The number of nitrogens with one attached hydrogen (secondary N) is 1. The van der Waals surface area contributed by atoms with E-state index in [2.05, 4.69) is 31.4 Å². The highest BCUT2D eigenvalue weighted by Crippen LogP contribution is 2.20. The summed E-state index contributed by atoms with van der Waals surface area (Å²) < 4.78 is 0.885. The van der Waals surface area contributed by atoms with E-state index in [-0.39, 0.29) is 11.5 Å². The van der Waals surface area contributed by atoms with Crippen LogP contribution in [0.15, 0.2) is 52.2 Å². The van der Waals surface area contributed by atoms with E-state index >= 15 is 0 Å². The van der Waals surface area contributed by atoms with Crippen molar-refractivity contribution in [3.05, 3.63) is 62.7 Å². The van der Waals surface area contributed by atoms with Crippen LogP contribution in [0.1, 0.15) is 5.56 Å². The fourth-order valence-electron chi connectivity index (χ4n) is 1.37. The lowest BCUT2D eigenvalue weighted by molar-refractivity contribution is -0.384. The number of aromatic nitrogens is 1. The van der Waals surface area contributed by atoms with E-state index in [1.165, 1.54) is 18.3 Å². The standard InChI is InChI=1S/C12H9BrN4O2/c13-10-5-2-1-4-9(10)8-15-16-12-11(17(18)19)6-3-7-14-12/h1-8H,(H,14,16)/b15-8-. The molecule has 0 saturated heterocycles. The van der Waals surface area contributed by atoms with Gasteiger partial charge in [-0.25, -0.2) is 4.98 Å². The molecule has 96 valence electrons. The Hall–Kier alpha value is -2.28. The van der Waals surface area contributed by atoms with Crippen LogP contribution >= 0.6 is 15.9 Å². The van der Waals surface area contributed by atoms with E-state index in [1.807, 2.05) is 24.3 Å². The first-order valence-corrected chi connectivity index (χ1v) is 6.11. The first-order chi connectivity index (χ1) is 9.18. The number of hydrogen-bond acceptors (Lipinski definition) is 5. The first-order valence-electron chi connectivity index (χ1n) is 5.31. The third kappa shape index (κ3) is 3.35. The van der Waals surface area contributed by atoms with Gasteiger partial charge in [-0.3, -0.25) is 15.5 Å². The highest BCUT2D eigenvalue weighted by molar-refractivity contribution is 9.10. The van der Waals surface area contributed by atoms with E-state index in [0.29, 0.717) is 0 Å². The summed E-state index contributed by atoms with van der Waals surface area (Å²) in [6.45, 7) is 0. The van der Waals surface area contributed by atoms with Crippen molar-refractivity contribution < 1.29 is 4.92 Å². The lowest BCUT2D eigenvalue weighted by Crippen LogP contribution is -1.99. The zero-order chi connectivity index (χ0) is 13.7. The number of nitro groups is 1. The van der Waals surface area contributed by atoms with Gasteiger partial charge in [0, 0.05) is 22.3 Å². The Morgan fingerprint density at radius 2 is 2.11 bits per heavy atom. The molecule has 2 aromatic rings. The van der Waals surface area contributed by atoms with Crippen molar-refractivity contribution in [1.82, 2.24) is 4.98 Å². The number of hydrazone groups is 1. The lowest BCUT2D eigenvalue weighted by atomic mass is 10.2. The second kappa shape index (κ2) is 6.05. The van der Waals surface area contributed by atoms with E-state index in [9.17, 15) is 10.1 Å². The lowest BCUT2D eigenvalue weighted by Gasteiger charge is -2.00. The molecule has 2 rings (SSSR count). The summed E-state index contributed by atoms with van der Waals surface area (Å²) in [7, 11) is 0. The van der Waals surface area contributed by atoms with Crippen molar-refractivity contribution in [3.63, 3.8) is 0 Å². The van der Waals surface area contributed by atoms with Gasteiger partial charge < -0.3 is 0 Å². The molecule has 0 aliphatic carbocycles. The van der Waals surface area contributed by atoms with Crippen LogP contribution in [0.4, 0.5) is 11.5 Å². The second-order valence-electron chi connectivity index (χ2n) is 3.52. The molecule has 0 aliphatic heterocycles. The molecule has 0 fully saturated rings. The number of pyridine rings is 1. The van der Waals surface area contributed by atoms with Crippen LogP contribution in [0.2, 0.25) is 0 Å². The number of halogens is 1. The van der Waals surface area contributed by atoms with E-state index in [1.54, 1.807) is 6.21 Å². The van der Waals surface area contributed by atoms with Gasteiger partial charge in [-0.2, -0.15) is 5.10 Å². The molecule has 0 amide bonds. The Kier molecular flexibility index (Phi) is 4.19. The summed E-state index contributed by atoms with van der Waals surface area (Å²) in [4.78, 5) is 14.1. The normalized spacial score (nSPS) is 10.6. The summed E-state index contributed by atoms with van der Waals surface area (Å²) >= 11 is 3.38. The van der Waals surface area contributed by atoms with Crippen LogP contribution < -0.4 is 5.43 Å². The van der Waals surface area contributed by atoms with Crippen LogP contribution in [0.25, 0.3) is 0 Å². The third-order valence-electron chi connectivity index (χ3n) is 2.26. The molecule has 7 heteroatoms. The maximum Gasteiger partial charge on any atom is 0.313 e. The van der Waals surface area contributed by atoms with Gasteiger partial charge in [0.05, 0.1) is 11.1 Å². The summed E-state index contributed by atoms with van der Waals surface area (Å²) in [5, 5.41) is 14.7. The van der Waals surface area contributed by atoms with Crippen LogP contribution in [-0.4, -0.2) is 16.1 Å². The molecule has 0 saturated carbocycles. The molecule has 1 heterocycles. The zero-order valence-electron chi connectivity index (χ0n) is 9.65. The van der Waals surface area contributed by atoms with Gasteiger partial charge in [0.25, 0.3) is 0 Å². The van der Waals surface area contributed by atoms with Gasteiger partial charge in [-0.15, -0.1) is 0 Å². The van der Waals surface area contributed by atoms with Gasteiger partial charge in [0.1, 0.15) is 0 Å². The monoisotopic (exact) mass is 320 g/mol. The molecule has 1 N–H and O–H groups in total. The predicted octanol–water partition coefficient (Wildman–Crippen LogP) is 3.20. The molecule has 0 unspecified atom stereocenters. The summed E-state index contributed by atoms with van der Waals surface area (Å²) in [6.07, 6.45) is 3.02. The number of rotatable bonds is 4. The molecule has 0 bridgehead atoms. The highest BCUT2D eigenvalue weighted by Gasteiger charge is 2.12. The minimum atomic E-state index is -0.511. The summed E-state index contributed by atoms with van der Waals surface area (Å²) in [5.41, 5.74) is 3.30. The summed E-state index contributed by atoms with van der Waals surface area (Å²) in [5.74, 6) is 0.107. The quantitative estimate of drug-likeness (QED) is 0.533. The summed E-state index contributed by atoms with van der Waals surface area (Å²) in [6, 6.07) is 10.4. The molecule has 19 heavy (non-hydrogen) atoms. The number of nitrogens with zero attached hydrogens (tertiary/aromatic N) is 3. The average molecular weight is 321 g/mol. The Balaban J connectivity index is 2.15. The van der Waals surface area contributed by atoms with E-state index in [0.717, 1.165) is 10.0 Å². The largest absolute Gasteiger partial charge is 0.313 e. The van der Waals surface area contributed by atoms with Crippen LogP contribution in [-0.2, 0) is 0 Å². The van der Waals surface area contributed by atoms with E-state index < -0.39 is 4.92 Å². The maximum absolute atomic E-state index is 10.8. The number of anilines is 1. The van der Waals surface area contributed by atoms with Gasteiger partial charge in [0.2, 0.25) is 5.82 Å². The van der Waals surface area contributed by atoms with Crippen molar-refractivity contribution in [2.45, 2.75) is 0 Å². The smallest absolute Gasteiger partial charge is 0.258 e. The molecule has 0 aliphatic rings. The third-order valence-corrected chi connectivity index (χ3v) is 2.98. The van der Waals surface area contributed by atoms with Gasteiger partial charge in [-0.05, 0) is 12.1 Å². The molecule has 0 radical (unpaired) electrons. The minimum Gasteiger partial charge on any atom is -0.258 e. The highest BCUT2D eigenvalue weighted by atomic mass is 79.9. The Morgan fingerprint density at radius 3 is 2.84 bits per heavy atom. The molecule has 1 aromatic heterocycles. The van der Waals surface area contributed by atoms with Crippen LogP contribution in [0, 0.1) is 10.1 Å². The number of benzene rings is 1. The molecular formula is C12H9BrN4O2. The Bertz CT molecular complexity index is 631. The average Bonchev–Trinajstić information content (AvgIpc) is 2.41. The fourth-order valence-corrected chi connectivity index (χ4v) is 1.76. The Labute approximate surface area is 117 Å². The van der Waals surface area contributed by atoms with Crippen molar-refractivity contribution in [2.75, 3.05) is 5.43 Å². The predicted molar refractivity (Wildman–Crippen MR) is 76.3 cm³/mol. The molecule has 6 nitrogen and oxygen atoms in total. The zero-order valence-corrected chi connectivity index (χ0v) is 11.2. The van der Waals surface area contributed by atoms with Gasteiger partial charge in [0.15, 0.2) is 0 Å². The van der Waals surface area contributed by atoms with Crippen molar-refractivity contribution in [3.8, 4) is 0 Å². The van der Waals surface area contributed by atoms with Crippen molar-refractivity contribution in [2.24, 2.45) is 5.10 Å². The topological polar surface area (TPSA) is 80.4 Å². The second-order valence-corrected chi connectivity index (χ2v) is 4.37. The maximum atomic E-state index is 10.8. The number of hydrogen-bond donors (Lipinski definition) is 1.